The third kappa shape index (κ3) is 5.16. The zero-order valence-corrected chi connectivity index (χ0v) is 17.4. The average molecular weight is 427 g/mol. The number of thioether (sulfide) groups is 1. The standard InChI is InChI=1S/C22H19ClN2O3S/c1-3-12-25-21(27)19(13-15-4-10-18(28-2)11-5-15)24-22(25)29-14-20(26)16-6-8-17(23)9-7-16/h3-11,13H,1,12,14H2,2H3. The van der Waals surface area contributed by atoms with Crippen molar-refractivity contribution in [2.45, 2.75) is 0 Å². The second-order valence-corrected chi connectivity index (χ2v) is 7.50. The van der Waals surface area contributed by atoms with Gasteiger partial charge >= 0.3 is 0 Å². The average Bonchev–Trinajstić information content (AvgIpc) is 3.02. The first-order valence-electron chi connectivity index (χ1n) is 8.80. The number of carbonyl (C=O) groups is 2. The number of benzene rings is 2. The summed E-state index contributed by atoms with van der Waals surface area (Å²) in [6.07, 6.45) is 3.34. The molecule has 0 bridgehead atoms. The van der Waals surface area contributed by atoms with Crippen LogP contribution < -0.4 is 4.74 Å². The highest BCUT2D eigenvalue weighted by atomic mass is 35.5. The molecule has 0 radical (unpaired) electrons. The predicted molar refractivity (Wildman–Crippen MR) is 119 cm³/mol. The first-order valence-corrected chi connectivity index (χ1v) is 10.2. The van der Waals surface area contributed by atoms with Crippen LogP contribution in [0.4, 0.5) is 0 Å². The maximum absolute atomic E-state index is 12.7. The Balaban J connectivity index is 1.77. The number of rotatable bonds is 7. The molecular formula is C22H19ClN2O3S. The number of aliphatic imine (C=N–C) groups is 1. The van der Waals surface area contributed by atoms with E-state index in [9.17, 15) is 9.59 Å². The van der Waals surface area contributed by atoms with Gasteiger partial charge in [0.1, 0.15) is 11.4 Å². The number of amidine groups is 1. The molecule has 1 heterocycles. The summed E-state index contributed by atoms with van der Waals surface area (Å²) in [7, 11) is 1.60. The lowest BCUT2D eigenvalue weighted by atomic mass is 10.1. The van der Waals surface area contributed by atoms with Crippen molar-refractivity contribution in [3.05, 3.63) is 83.0 Å². The molecule has 0 N–H and O–H groups in total. The van der Waals surface area contributed by atoms with Crippen LogP contribution in [-0.4, -0.2) is 41.2 Å². The zero-order chi connectivity index (χ0) is 20.8. The van der Waals surface area contributed by atoms with E-state index in [-0.39, 0.29) is 17.4 Å². The van der Waals surface area contributed by atoms with Crippen LogP contribution >= 0.6 is 23.4 Å². The second-order valence-electron chi connectivity index (χ2n) is 6.12. The maximum Gasteiger partial charge on any atom is 0.278 e. The largest absolute Gasteiger partial charge is 0.497 e. The van der Waals surface area contributed by atoms with Gasteiger partial charge in [-0.2, -0.15) is 0 Å². The molecule has 148 valence electrons. The number of nitrogens with zero attached hydrogens (tertiary/aromatic N) is 2. The Morgan fingerprint density at radius 1 is 1.21 bits per heavy atom. The minimum atomic E-state index is -0.220. The Morgan fingerprint density at radius 2 is 1.90 bits per heavy atom. The summed E-state index contributed by atoms with van der Waals surface area (Å²) >= 11 is 7.09. The molecule has 7 heteroatoms. The molecule has 0 spiro atoms. The fourth-order valence-corrected chi connectivity index (χ4v) is 3.67. The molecule has 0 saturated carbocycles. The topological polar surface area (TPSA) is 59.0 Å². The number of hydrogen-bond acceptors (Lipinski definition) is 5. The summed E-state index contributed by atoms with van der Waals surface area (Å²) in [6, 6.07) is 14.1. The van der Waals surface area contributed by atoms with Gasteiger partial charge in [0, 0.05) is 17.1 Å². The van der Waals surface area contributed by atoms with Crippen molar-refractivity contribution >= 4 is 46.3 Å². The molecule has 0 unspecified atom stereocenters. The lowest BCUT2D eigenvalue weighted by Gasteiger charge is -2.15. The minimum Gasteiger partial charge on any atom is -0.497 e. The van der Waals surface area contributed by atoms with Crippen molar-refractivity contribution in [1.29, 1.82) is 0 Å². The van der Waals surface area contributed by atoms with Gasteiger partial charge in [0.05, 0.1) is 12.9 Å². The molecule has 3 rings (SSSR count). The van der Waals surface area contributed by atoms with Gasteiger partial charge < -0.3 is 4.74 Å². The molecular weight excluding hydrogens is 408 g/mol. The van der Waals surface area contributed by atoms with Crippen LogP contribution in [0.5, 0.6) is 5.75 Å². The summed E-state index contributed by atoms with van der Waals surface area (Å²) in [5.41, 5.74) is 1.72. The molecule has 0 aromatic heterocycles. The first-order chi connectivity index (χ1) is 14.0. The summed E-state index contributed by atoms with van der Waals surface area (Å²) < 4.78 is 5.15. The number of hydrogen-bond donors (Lipinski definition) is 0. The van der Waals surface area contributed by atoms with Gasteiger partial charge in [-0.25, -0.2) is 4.99 Å². The fourth-order valence-electron chi connectivity index (χ4n) is 2.64. The van der Waals surface area contributed by atoms with Crippen LogP contribution in [0.1, 0.15) is 15.9 Å². The Labute approximate surface area is 178 Å². The van der Waals surface area contributed by atoms with Gasteiger partial charge in [-0.1, -0.05) is 41.6 Å². The molecule has 1 aliphatic heterocycles. The third-order valence-corrected chi connectivity index (χ3v) is 5.37. The van der Waals surface area contributed by atoms with Crippen molar-refractivity contribution in [3.63, 3.8) is 0 Å². The normalized spacial score (nSPS) is 14.8. The molecule has 1 amide bonds. The second kappa shape index (κ2) is 9.58. The van der Waals surface area contributed by atoms with Gasteiger partial charge in [-0.3, -0.25) is 14.5 Å². The van der Waals surface area contributed by atoms with Crippen molar-refractivity contribution < 1.29 is 14.3 Å². The molecule has 1 aliphatic rings. The molecule has 2 aromatic rings. The van der Waals surface area contributed by atoms with Crippen LogP contribution in [0.2, 0.25) is 5.02 Å². The van der Waals surface area contributed by atoms with Gasteiger partial charge in [-0.15, -0.1) is 6.58 Å². The molecule has 0 saturated heterocycles. The molecule has 0 fully saturated rings. The van der Waals surface area contributed by atoms with Crippen molar-refractivity contribution in [1.82, 2.24) is 4.90 Å². The first kappa shape index (κ1) is 20.9. The number of Topliss-reactive ketones (excluding diaryl/α,β-unsaturated/α-hetero) is 1. The number of amides is 1. The van der Waals surface area contributed by atoms with Crippen molar-refractivity contribution in [2.75, 3.05) is 19.4 Å². The van der Waals surface area contributed by atoms with Crippen LogP contribution in [-0.2, 0) is 4.79 Å². The number of methoxy groups -OCH3 is 1. The van der Waals surface area contributed by atoms with Crippen LogP contribution in [0.3, 0.4) is 0 Å². The summed E-state index contributed by atoms with van der Waals surface area (Å²) in [5, 5.41) is 1.06. The molecule has 0 atom stereocenters. The third-order valence-electron chi connectivity index (χ3n) is 4.14. The van der Waals surface area contributed by atoms with E-state index in [0.29, 0.717) is 28.0 Å². The number of carbonyl (C=O) groups excluding carboxylic acids is 2. The predicted octanol–water partition coefficient (Wildman–Crippen LogP) is 4.69. The smallest absolute Gasteiger partial charge is 0.278 e. The van der Waals surface area contributed by atoms with E-state index in [1.54, 1.807) is 43.5 Å². The van der Waals surface area contributed by atoms with E-state index >= 15 is 0 Å². The van der Waals surface area contributed by atoms with Crippen LogP contribution in [0.15, 0.2) is 71.9 Å². The van der Waals surface area contributed by atoms with E-state index in [4.69, 9.17) is 16.3 Å². The summed E-state index contributed by atoms with van der Waals surface area (Å²) in [4.78, 5) is 31.1. The highest BCUT2D eigenvalue weighted by molar-refractivity contribution is 8.14. The summed E-state index contributed by atoms with van der Waals surface area (Å²) in [5.74, 6) is 0.616. The van der Waals surface area contributed by atoms with Gasteiger partial charge in [0.25, 0.3) is 5.91 Å². The molecule has 2 aromatic carbocycles. The number of ketones is 1. The molecule has 29 heavy (non-hydrogen) atoms. The zero-order valence-electron chi connectivity index (χ0n) is 15.8. The van der Waals surface area contributed by atoms with E-state index in [0.717, 1.165) is 11.3 Å². The monoisotopic (exact) mass is 426 g/mol. The minimum absolute atomic E-state index is 0.0621. The van der Waals surface area contributed by atoms with E-state index in [1.807, 2.05) is 24.3 Å². The fraction of sp³-hybridized carbons (Fsp3) is 0.136. The van der Waals surface area contributed by atoms with E-state index in [2.05, 4.69) is 11.6 Å². The van der Waals surface area contributed by atoms with Gasteiger partial charge in [-0.05, 0) is 48.0 Å². The Kier molecular flexibility index (Phi) is 6.90. The highest BCUT2D eigenvalue weighted by Gasteiger charge is 2.30. The SMILES string of the molecule is C=CCN1C(=O)C(=Cc2ccc(OC)cc2)N=C1SCC(=O)c1ccc(Cl)cc1. The van der Waals surface area contributed by atoms with Crippen molar-refractivity contribution in [3.8, 4) is 5.75 Å². The quantitative estimate of drug-likeness (QED) is 0.366. The number of ether oxygens (including phenoxy) is 1. The Hall–Kier alpha value is -2.83. The molecule has 5 nitrogen and oxygen atoms in total. The van der Waals surface area contributed by atoms with E-state index < -0.39 is 0 Å². The number of halogens is 1. The Morgan fingerprint density at radius 3 is 2.52 bits per heavy atom. The van der Waals surface area contributed by atoms with Crippen molar-refractivity contribution in [2.24, 2.45) is 4.99 Å². The highest BCUT2D eigenvalue weighted by Crippen LogP contribution is 2.25. The van der Waals surface area contributed by atoms with Crippen LogP contribution in [0.25, 0.3) is 6.08 Å². The lowest BCUT2D eigenvalue weighted by molar-refractivity contribution is -0.122. The van der Waals surface area contributed by atoms with Crippen LogP contribution in [0, 0.1) is 0 Å². The van der Waals surface area contributed by atoms with Gasteiger partial charge in [0.2, 0.25) is 0 Å². The summed E-state index contributed by atoms with van der Waals surface area (Å²) in [6.45, 7) is 4.02. The van der Waals surface area contributed by atoms with Gasteiger partial charge in [0.15, 0.2) is 11.0 Å². The molecule has 0 aliphatic carbocycles. The lowest BCUT2D eigenvalue weighted by Crippen LogP contribution is -2.31. The Bertz CT molecular complexity index is 982. The van der Waals surface area contributed by atoms with E-state index in [1.165, 1.54) is 16.7 Å². The maximum atomic E-state index is 12.7.